The summed E-state index contributed by atoms with van der Waals surface area (Å²) in [6.45, 7) is 2.83. The van der Waals surface area contributed by atoms with Gasteiger partial charge in [0.2, 0.25) is 0 Å². The fourth-order valence-corrected chi connectivity index (χ4v) is 3.90. The van der Waals surface area contributed by atoms with Crippen molar-refractivity contribution >= 4 is 30.6 Å². The maximum atomic E-state index is 13.5. The number of rotatable bonds is 12. The standard InChI is InChI=1S/C20H23ClF3N2O7P/c1-3-13(2)33-34(29,30)12-25-17-11-19(16(20(22,23)24)10-18(17)26(27)28)32-9-8-31-15-6-4-14(21)5-7-15/h4-7,10-11,13,25H,3,8-9,12H2,1-2H3,(H,29,30). The van der Waals surface area contributed by atoms with Crippen molar-refractivity contribution in [2.75, 3.05) is 24.8 Å². The van der Waals surface area contributed by atoms with E-state index in [1.54, 1.807) is 38.1 Å². The van der Waals surface area contributed by atoms with Crippen LogP contribution in [0.5, 0.6) is 11.5 Å². The zero-order valence-corrected chi connectivity index (χ0v) is 19.8. The fraction of sp³-hybridized carbons (Fsp3) is 0.400. The highest BCUT2D eigenvalue weighted by Crippen LogP contribution is 2.46. The van der Waals surface area contributed by atoms with Crippen LogP contribution in [0.2, 0.25) is 5.02 Å². The summed E-state index contributed by atoms with van der Waals surface area (Å²) in [5, 5.41) is 14.2. The lowest BCUT2D eigenvalue weighted by Gasteiger charge is -2.19. The molecule has 34 heavy (non-hydrogen) atoms. The van der Waals surface area contributed by atoms with Gasteiger partial charge in [0.25, 0.3) is 5.69 Å². The van der Waals surface area contributed by atoms with Crippen molar-refractivity contribution in [1.82, 2.24) is 0 Å². The van der Waals surface area contributed by atoms with E-state index in [2.05, 4.69) is 5.32 Å². The van der Waals surface area contributed by atoms with Gasteiger partial charge in [0.15, 0.2) is 0 Å². The molecule has 9 nitrogen and oxygen atoms in total. The highest BCUT2D eigenvalue weighted by atomic mass is 35.5. The van der Waals surface area contributed by atoms with E-state index in [1.165, 1.54) is 0 Å². The van der Waals surface area contributed by atoms with Gasteiger partial charge in [-0.05, 0) is 37.6 Å². The number of nitro benzene ring substituents is 1. The van der Waals surface area contributed by atoms with Crippen molar-refractivity contribution in [3.8, 4) is 11.5 Å². The zero-order chi connectivity index (χ0) is 25.5. The molecule has 0 heterocycles. The largest absolute Gasteiger partial charge is 0.490 e. The molecule has 2 rings (SSSR count). The summed E-state index contributed by atoms with van der Waals surface area (Å²) < 4.78 is 68.3. The lowest BCUT2D eigenvalue weighted by atomic mass is 10.1. The Hall–Kier alpha value is -2.53. The Labute approximate surface area is 198 Å². The number of nitro groups is 1. The Morgan fingerprint density at radius 3 is 2.38 bits per heavy atom. The first kappa shape index (κ1) is 27.7. The Kier molecular flexibility index (Phi) is 9.57. The summed E-state index contributed by atoms with van der Waals surface area (Å²) in [7, 11) is -4.23. The number of halogens is 4. The summed E-state index contributed by atoms with van der Waals surface area (Å²) in [6, 6.07) is 7.32. The molecule has 0 spiro atoms. The average molecular weight is 527 g/mol. The van der Waals surface area contributed by atoms with Crippen molar-refractivity contribution in [3.63, 3.8) is 0 Å². The average Bonchev–Trinajstić information content (AvgIpc) is 2.75. The summed E-state index contributed by atoms with van der Waals surface area (Å²) in [4.78, 5) is 20.3. The van der Waals surface area contributed by atoms with E-state index in [0.29, 0.717) is 23.3 Å². The molecular formula is C20H23ClF3N2O7P. The topological polar surface area (TPSA) is 120 Å². The lowest BCUT2D eigenvalue weighted by molar-refractivity contribution is -0.384. The number of anilines is 1. The zero-order valence-electron chi connectivity index (χ0n) is 18.2. The number of nitrogens with zero attached hydrogens (tertiary/aromatic N) is 1. The van der Waals surface area contributed by atoms with Gasteiger partial charge < -0.3 is 24.2 Å². The highest BCUT2D eigenvalue weighted by molar-refractivity contribution is 7.52. The number of benzene rings is 2. The van der Waals surface area contributed by atoms with Crippen LogP contribution in [0.15, 0.2) is 36.4 Å². The molecule has 0 radical (unpaired) electrons. The van der Waals surface area contributed by atoms with Crippen LogP contribution in [-0.4, -0.2) is 35.4 Å². The molecule has 0 bridgehead atoms. The molecule has 0 aliphatic carbocycles. The van der Waals surface area contributed by atoms with E-state index in [1.807, 2.05) is 0 Å². The third-order valence-corrected chi connectivity index (χ3v) is 5.91. The van der Waals surface area contributed by atoms with Gasteiger partial charge in [-0.2, -0.15) is 13.2 Å². The molecule has 0 saturated heterocycles. The van der Waals surface area contributed by atoms with Crippen molar-refractivity contribution in [1.29, 1.82) is 0 Å². The molecule has 2 atom stereocenters. The molecule has 2 N–H and O–H groups in total. The van der Waals surface area contributed by atoms with Crippen LogP contribution in [0, 0.1) is 10.1 Å². The fourth-order valence-electron chi connectivity index (χ4n) is 2.62. The summed E-state index contributed by atoms with van der Waals surface area (Å²) >= 11 is 5.77. The molecule has 188 valence electrons. The Morgan fingerprint density at radius 1 is 1.21 bits per heavy atom. The maximum Gasteiger partial charge on any atom is 0.420 e. The van der Waals surface area contributed by atoms with E-state index in [4.69, 9.17) is 25.6 Å². The Bertz CT molecular complexity index is 1040. The monoisotopic (exact) mass is 526 g/mol. The van der Waals surface area contributed by atoms with E-state index in [9.17, 15) is 32.7 Å². The van der Waals surface area contributed by atoms with Crippen molar-refractivity contribution < 1.29 is 41.6 Å². The second-order valence-electron chi connectivity index (χ2n) is 7.07. The highest BCUT2D eigenvalue weighted by Gasteiger charge is 2.38. The minimum atomic E-state index is -4.96. The predicted octanol–water partition coefficient (Wildman–Crippen LogP) is 6.09. The van der Waals surface area contributed by atoms with Gasteiger partial charge in [-0.3, -0.25) is 14.7 Å². The van der Waals surface area contributed by atoms with Gasteiger partial charge in [-0.25, -0.2) is 0 Å². The minimum Gasteiger partial charge on any atom is -0.490 e. The number of ether oxygens (including phenoxy) is 2. The third kappa shape index (κ3) is 8.35. The first-order valence-electron chi connectivity index (χ1n) is 9.97. The van der Waals surface area contributed by atoms with Gasteiger partial charge in [-0.1, -0.05) is 18.5 Å². The van der Waals surface area contributed by atoms with E-state index >= 15 is 0 Å². The molecular weight excluding hydrogens is 504 g/mol. The molecule has 0 aliphatic heterocycles. The number of hydrogen-bond donors (Lipinski definition) is 2. The maximum absolute atomic E-state index is 13.5. The van der Waals surface area contributed by atoms with Crippen molar-refractivity contribution in [3.05, 3.63) is 57.1 Å². The Balaban J connectivity index is 2.22. The van der Waals surface area contributed by atoms with E-state index in [-0.39, 0.29) is 13.2 Å². The molecule has 2 unspecified atom stereocenters. The molecule has 2 aromatic rings. The van der Waals surface area contributed by atoms with Crippen LogP contribution < -0.4 is 14.8 Å². The first-order chi connectivity index (χ1) is 15.8. The summed E-state index contributed by atoms with van der Waals surface area (Å²) in [5.74, 6) is -0.300. The van der Waals surface area contributed by atoms with Crippen LogP contribution in [0.25, 0.3) is 0 Å². The second-order valence-corrected chi connectivity index (χ2v) is 9.31. The minimum absolute atomic E-state index is 0.132. The van der Waals surface area contributed by atoms with Crippen LogP contribution in [-0.2, 0) is 15.3 Å². The van der Waals surface area contributed by atoms with Gasteiger partial charge in [0.1, 0.15) is 42.2 Å². The molecule has 0 saturated carbocycles. The van der Waals surface area contributed by atoms with Gasteiger partial charge in [-0.15, -0.1) is 0 Å². The smallest absolute Gasteiger partial charge is 0.420 e. The van der Waals surface area contributed by atoms with Gasteiger partial charge >= 0.3 is 13.8 Å². The van der Waals surface area contributed by atoms with Crippen molar-refractivity contribution in [2.45, 2.75) is 32.5 Å². The Morgan fingerprint density at radius 2 is 1.82 bits per heavy atom. The van der Waals surface area contributed by atoms with Crippen LogP contribution in [0.4, 0.5) is 24.5 Å². The number of hydrogen-bond acceptors (Lipinski definition) is 7. The number of alkyl halides is 3. The first-order valence-corrected chi connectivity index (χ1v) is 12.1. The molecule has 0 amide bonds. The SMILES string of the molecule is CCC(C)OP(=O)(O)CNc1cc(OCCOc2ccc(Cl)cc2)c(C(F)(F)F)cc1[N+](=O)[O-]. The summed E-state index contributed by atoms with van der Waals surface area (Å²) in [5.41, 5.74) is -2.76. The van der Waals surface area contributed by atoms with Gasteiger partial charge in [0, 0.05) is 17.2 Å². The van der Waals surface area contributed by atoms with Crippen LogP contribution in [0.3, 0.4) is 0 Å². The normalized spacial score (nSPS) is 14.2. The van der Waals surface area contributed by atoms with E-state index in [0.717, 1.165) is 6.07 Å². The van der Waals surface area contributed by atoms with Crippen molar-refractivity contribution in [2.24, 2.45) is 0 Å². The summed E-state index contributed by atoms with van der Waals surface area (Å²) in [6.07, 6.45) is -5.86. The lowest BCUT2D eigenvalue weighted by Crippen LogP contribution is -2.15. The molecule has 0 aromatic heterocycles. The third-order valence-electron chi connectivity index (χ3n) is 4.41. The van der Waals surface area contributed by atoms with E-state index < -0.39 is 53.8 Å². The quantitative estimate of drug-likeness (QED) is 0.147. The molecule has 0 aliphatic rings. The molecule has 14 heteroatoms. The predicted molar refractivity (Wildman–Crippen MR) is 120 cm³/mol. The second kappa shape index (κ2) is 11.7. The van der Waals surface area contributed by atoms with Crippen LogP contribution >= 0.6 is 19.2 Å². The molecule has 0 fully saturated rings. The van der Waals surface area contributed by atoms with Gasteiger partial charge in [0.05, 0.1) is 11.0 Å². The number of nitrogens with one attached hydrogen (secondary N) is 1. The molecule has 2 aromatic carbocycles. The van der Waals surface area contributed by atoms with Crippen LogP contribution in [0.1, 0.15) is 25.8 Å².